The minimum absolute atomic E-state index is 0.168. The Bertz CT molecular complexity index is 725. The molecule has 1 aliphatic heterocycles. The molecule has 3 rings (SSSR count). The van der Waals surface area contributed by atoms with E-state index in [9.17, 15) is 9.18 Å². The highest BCUT2D eigenvalue weighted by atomic mass is 19.1. The lowest BCUT2D eigenvalue weighted by atomic mass is 9.95. The first-order chi connectivity index (χ1) is 11.6. The number of benzene rings is 1. The second-order valence-electron chi connectivity index (χ2n) is 5.88. The smallest absolute Gasteiger partial charge is 0.238 e. The average molecular weight is 330 g/mol. The number of aromatic nitrogens is 2. The van der Waals surface area contributed by atoms with Crippen molar-refractivity contribution in [3.8, 4) is 11.6 Å². The zero-order valence-corrected chi connectivity index (χ0v) is 13.2. The molecule has 1 atom stereocenters. The first-order valence-electron chi connectivity index (χ1n) is 7.86. The summed E-state index contributed by atoms with van der Waals surface area (Å²) in [5, 5.41) is 0. The van der Waals surface area contributed by atoms with Crippen molar-refractivity contribution < 1.29 is 13.9 Å². The van der Waals surface area contributed by atoms with Crippen molar-refractivity contribution in [2.24, 2.45) is 5.73 Å². The third kappa shape index (κ3) is 4.26. The Morgan fingerprint density at radius 1 is 1.42 bits per heavy atom. The molecule has 1 fully saturated rings. The van der Waals surface area contributed by atoms with Crippen molar-refractivity contribution >= 4 is 5.91 Å². The summed E-state index contributed by atoms with van der Waals surface area (Å²) in [6.45, 7) is 1.82. The standard InChI is InChI=1S/C17H19FN4O2/c18-13-4-1-5-14(7-13)24-17-9-20-8-15(21-17)12-3-2-6-22(10-12)11-16(19)23/h1,4-5,7-9,12H,2-3,6,10-11H2,(H2,19,23). The van der Waals surface area contributed by atoms with Crippen LogP contribution in [0.4, 0.5) is 4.39 Å². The second-order valence-corrected chi connectivity index (χ2v) is 5.88. The fourth-order valence-electron chi connectivity index (χ4n) is 2.92. The Hall–Kier alpha value is -2.54. The van der Waals surface area contributed by atoms with Crippen molar-refractivity contribution in [3.63, 3.8) is 0 Å². The number of amides is 1. The Balaban J connectivity index is 1.71. The summed E-state index contributed by atoms with van der Waals surface area (Å²) in [4.78, 5) is 21.8. The number of carbonyl (C=O) groups is 1. The molecule has 1 saturated heterocycles. The van der Waals surface area contributed by atoms with E-state index in [0.29, 0.717) is 18.2 Å². The van der Waals surface area contributed by atoms with Gasteiger partial charge in [-0.05, 0) is 31.5 Å². The summed E-state index contributed by atoms with van der Waals surface area (Å²) in [6, 6.07) is 5.88. The van der Waals surface area contributed by atoms with Gasteiger partial charge in [-0.25, -0.2) is 9.37 Å². The first-order valence-corrected chi connectivity index (χ1v) is 7.86. The highest BCUT2D eigenvalue weighted by Gasteiger charge is 2.23. The van der Waals surface area contributed by atoms with Crippen LogP contribution in [0.5, 0.6) is 11.6 Å². The van der Waals surface area contributed by atoms with Crippen LogP contribution < -0.4 is 10.5 Å². The van der Waals surface area contributed by atoms with Gasteiger partial charge in [-0.15, -0.1) is 0 Å². The lowest BCUT2D eigenvalue weighted by Gasteiger charge is -2.31. The molecule has 1 aromatic carbocycles. The van der Waals surface area contributed by atoms with E-state index in [4.69, 9.17) is 10.5 Å². The molecule has 0 spiro atoms. The highest BCUT2D eigenvalue weighted by Crippen LogP contribution is 2.27. The molecule has 2 N–H and O–H groups in total. The van der Waals surface area contributed by atoms with Gasteiger partial charge >= 0.3 is 0 Å². The number of hydrogen-bond donors (Lipinski definition) is 1. The summed E-state index contributed by atoms with van der Waals surface area (Å²) in [6.07, 6.45) is 5.14. The number of rotatable bonds is 5. The lowest BCUT2D eigenvalue weighted by Crippen LogP contribution is -2.40. The summed E-state index contributed by atoms with van der Waals surface area (Å²) in [7, 11) is 0. The maximum absolute atomic E-state index is 13.2. The van der Waals surface area contributed by atoms with Crippen LogP contribution >= 0.6 is 0 Å². The third-order valence-corrected chi connectivity index (χ3v) is 3.95. The van der Waals surface area contributed by atoms with Gasteiger partial charge in [-0.1, -0.05) is 6.07 Å². The maximum Gasteiger partial charge on any atom is 0.238 e. The van der Waals surface area contributed by atoms with E-state index in [2.05, 4.69) is 9.97 Å². The number of nitrogens with two attached hydrogens (primary N) is 1. The van der Waals surface area contributed by atoms with E-state index >= 15 is 0 Å². The van der Waals surface area contributed by atoms with E-state index in [1.165, 1.54) is 18.3 Å². The van der Waals surface area contributed by atoms with Crippen LogP contribution in [-0.2, 0) is 4.79 Å². The van der Waals surface area contributed by atoms with Crippen molar-refractivity contribution in [2.45, 2.75) is 18.8 Å². The topological polar surface area (TPSA) is 81.3 Å². The number of halogens is 1. The van der Waals surface area contributed by atoms with E-state index in [1.54, 1.807) is 18.3 Å². The first kappa shape index (κ1) is 16.3. The molecule has 0 aliphatic carbocycles. The SMILES string of the molecule is NC(=O)CN1CCCC(c2cncc(Oc3cccc(F)c3)n2)C1. The molecule has 0 bridgehead atoms. The summed E-state index contributed by atoms with van der Waals surface area (Å²) in [5.41, 5.74) is 6.07. The molecule has 1 aliphatic rings. The van der Waals surface area contributed by atoms with E-state index in [-0.39, 0.29) is 24.2 Å². The number of ether oxygens (including phenoxy) is 1. The van der Waals surface area contributed by atoms with Crippen LogP contribution in [0.15, 0.2) is 36.7 Å². The molecule has 7 heteroatoms. The van der Waals surface area contributed by atoms with Crippen LogP contribution in [0.25, 0.3) is 0 Å². The predicted octanol–water partition coefficient (Wildman–Crippen LogP) is 2.07. The Morgan fingerprint density at radius 2 is 2.29 bits per heavy atom. The quantitative estimate of drug-likeness (QED) is 0.907. The van der Waals surface area contributed by atoms with E-state index in [1.807, 2.05) is 4.90 Å². The monoisotopic (exact) mass is 330 g/mol. The third-order valence-electron chi connectivity index (χ3n) is 3.95. The number of piperidine rings is 1. The van der Waals surface area contributed by atoms with E-state index < -0.39 is 0 Å². The molecule has 126 valence electrons. The van der Waals surface area contributed by atoms with E-state index in [0.717, 1.165) is 25.1 Å². The molecule has 24 heavy (non-hydrogen) atoms. The van der Waals surface area contributed by atoms with Gasteiger partial charge in [-0.2, -0.15) is 0 Å². The number of likely N-dealkylation sites (tertiary alicyclic amines) is 1. The lowest BCUT2D eigenvalue weighted by molar-refractivity contribution is -0.119. The molecule has 1 aromatic heterocycles. The zero-order chi connectivity index (χ0) is 16.9. The molecule has 6 nitrogen and oxygen atoms in total. The Morgan fingerprint density at radius 3 is 3.08 bits per heavy atom. The summed E-state index contributed by atoms with van der Waals surface area (Å²) >= 11 is 0. The number of primary amides is 1. The molecule has 0 radical (unpaired) electrons. The number of nitrogens with zero attached hydrogens (tertiary/aromatic N) is 3. The van der Waals surface area contributed by atoms with Crippen molar-refractivity contribution in [3.05, 3.63) is 48.2 Å². The maximum atomic E-state index is 13.2. The molecule has 2 heterocycles. The molecular weight excluding hydrogens is 311 g/mol. The highest BCUT2D eigenvalue weighted by molar-refractivity contribution is 5.75. The van der Waals surface area contributed by atoms with Gasteiger partial charge in [0.15, 0.2) is 0 Å². The molecule has 1 amide bonds. The van der Waals surface area contributed by atoms with Gasteiger partial charge < -0.3 is 10.5 Å². The van der Waals surface area contributed by atoms with Gasteiger partial charge in [0.2, 0.25) is 11.8 Å². The second kappa shape index (κ2) is 7.35. The minimum Gasteiger partial charge on any atom is -0.437 e. The fourth-order valence-corrected chi connectivity index (χ4v) is 2.92. The van der Waals surface area contributed by atoms with Crippen LogP contribution in [0.1, 0.15) is 24.5 Å². The molecule has 2 aromatic rings. The van der Waals surface area contributed by atoms with Crippen LogP contribution in [0, 0.1) is 5.82 Å². The normalized spacial score (nSPS) is 18.3. The Labute approximate surface area is 139 Å². The zero-order valence-electron chi connectivity index (χ0n) is 13.2. The van der Waals surface area contributed by atoms with Crippen LogP contribution in [0.2, 0.25) is 0 Å². The molecular formula is C17H19FN4O2. The minimum atomic E-state index is -0.369. The largest absolute Gasteiger partial charge is 0.437 e. The van der Waals surface area contributed by atoms with Crippen LogP contribution in [-0.4, -0.2) is 40.4 Å². The molecule has 1 unspecified atom stereocenters. The number of hydrogen-bond acceptors (Lipinski definition) is 5. The van der Waals surface area contributed by atoms with Crippen molar-refractivity contribution in [1.82, 2.24) is 14.9 Å². The van der Waals surface area contributed by atoms with Gasteiger partial charge in [-0.3, -0.25) is 14.7 Å². The van der Waals surface area contributed by atoms with Gasteiger partial charge in [0.25, 0.3) is 0 Å². The van der Waals surface area contributed by atoms with Gasteiger partial charge in [0.1, 0.15) is 11.6 Å². The van der Waals surface area contributed by atoms with Gasteiger partial charge in [0.05, 0.1) is 18.4 Å². The van der Waals surface area contributed by atoms with Crippen molar-refractivity contribution in [2.75, 3.05) is 19.6 Å². The van der Waals surface area contributed by atoms with Crippen molar-refractivity contribution in [1.29, 1.82) is 0 Å². The van der Waals surface area contributed by atoms with Gasteiger partial charge in [0, 0.05) is 24.7 Å². The molecule has 0 saturated carbocycles. The summed E-state index contributed by atoms with van der Waals surface area (Å²) < 4.78 is 18.8. The average Bonchev–Trinajstić information content (AvgIpc) is 2.55. The van der Waals surface area contributed by atoms with Crippen LogP contribution in [0.3, 0.4) is 0 Å². The Kier molecular flexibility index (Phi) is 5.00. The fraction of sp³-hybridized carbons (Fsp3) is 0.353. The number of carbonyl (C=O) groups excluding carboxylic acids is 1. The predicted molar refractivity (Wildman–Crippen MR) is 86.1 cm³/mol. The summed E-state index contributed by atoms with van der Waals surface area (Å²) in [5.74, 6) is 0.170.